The number of hydrogen-bond donors (Lipinski definition) is 0. The molecule has 0 N–H and O–H groups in total. The van der Waals surface area contributed by atoms with Crippen molar-refractivity contribution < 1.29 is 4.74 Å². The summed E-state index contributed by atoms with van der Waals surface area (Å²) in [6, 6.07) is 6.49. The molecule has 0 saturated heterocycles. The van der Waals surface area contributed by atoms with Gasteiger partial charge in [-0.3, -0.25) is 0 Å². The molecule has 0 aliphatic heterocycles. The Morgan fingerprint density at radius 1 is 1.29 bits per heavy atom. The summed E-state index contributed by atoms with van der Waals surface area (Å²) in [7, 11) is 0. The molecule has 0 atom stereocenters. The summed E-state index contributed by atoms with van der Waals surface area (Å²) in [5.74, 6) is 0. The van der Waals surface area contributed by atoms with Gasteiger partial charge in [0, 0.05) is 4.47 Å². The standard InChI is InChI=1S/C15H21BrO/c1-11-9-12(16)5-6-13(11)15(7-8-15)17-10-14(2,3)4/h5-6,9H,7-8,10H2,1-4H3. The first-order valence-corrected chi connectivity index (χ1v) is 7.02. The van der Waals surface area contributed by atoms with Crippen LogP contribution in [0.1, 0.15) is 44.7 Å². The highest BCUT2D eigenvalue weighted by atomic mass is 79.9. The normalized spacial score (nSPS) is 18.2. The van der Waals surface area contributed by atoms with E-state index in [1.807, 2.05) is 0 Å². The van der Waals surface area contributed by atoms with Crippen molar-refractivity contribution in [2.24, 2.45) is 5.41 Å². The van der Waals surface area contributed by atoms with Crippen LogP contribution in [0.2, 0.25) is 0 Å². The van der Waals surface area contributed by atoms with Crippen LogP contribution in [0.5, 0.6) is 0 Å². The van der Waals surface area contributed by atoms with E-state index in [4.69, 9.17) is 4.74 Å². The van der Waals surface area contributed by atoms with Gasteiger partial charge in [0.05, 0.1) is 12.2 Å². The van der Waals surface area contributed by atoms with Gasteiger partial charge in [0.15, 0.2) is 0 Å². The van der Waals surface area contributed by atoms with Crippen LogP contribution in [0.25, 0.3) is 0 Å². The van der Waals surface area contributed by atoms with Gasteiger partial charge in [-0.05, 0) is 48.4 Å². The van der Waals surface area contributed by atoms with E-state index in [1.54, 1.807) is 0 Å². The summed E-state index contributed by atoms with van der Waals surface area (Å²) in [6.45, 7) is 9.65. The minimum atomic E-state index is 0.0120. The van der Waals surface area contributed by atoms with Gasteiger partial charge in [0.25, 0.3) is 0 Å². The van der Waals surface area contributed by atoms with Gasteiger partial charge in [-0.1, -0.05) is 42.8 Å². The lowest BCUT2D eigenvalue weighted by Crippen LogP contribution is -2.22. The zero-order valence-electron chi connectivity index (χ0n) is 11.1. The SMILES string of the molecule is Cc1cc(Br)ccc1C1(OCC(C)(C)C)CC1. The van der Waals surface area contributed by atoms with E-state index in [2.05, 4.69) is 61.8 Å². The molecule has 2 heteroatoms. The Morgan fingerprint density at radius 3 is 2.41 bits per heavy atom. The molecule has 0 spiro atoms. The third-order valence-electron chi connectivity index (χ3n) is 3.16. The van der Waals surface area contributed by atoms with Crippen molar-refractivity contribution in [3.8, 4) is 0 Å². The van der Waals surface area contributed by atoms with Gasteiger partial charge in [-0.15, -0.1) is 0 Å². The van der Waals surface area contributed by atoms with Gasteiger partial charge < -0.3 is 4.74 Å². The van der Waals surface area contributed by atoms with E-state index in [-0.39, 0.29) is 11.0 Å². The first kappa shape index (κ1) is 13.1. The topological polar surface area (TPSA) is 9.23 Å². The highest BCUT2D eigenvalue weighted by molar-refractivity contribution is 9.10. The molecule has 0 bridgehead atoms. The van der Waals surface area contributed by atoms with Crippen molar-refractivity contribution in [2.45, 2.75) is 46.1 Å². The van der Waals surface area contributed by atoms with Crippen LogP contribution < -0.4 is 0 Å². The Labute approximate surface area is 113 Å². The third kappa shape index (κ3) is 3.11. The van der Waals surface area contributed by atoms with Crippen molar-refractivity contribution in [3.05, 3.63) is 33.8 Å². The van der Waals surface area contributed by atoms with E-state index in [0.29, 0.717) is 0 Å². The molecule has 1 aliphatic rings. The fourth-order valence-corrected chi connectivity index (χ4v) is 2.57. The van der Waals surface area contributed by atoms with Crippen LogP contribution in [-0.4, -0.2) is 6.61 Å². The van der Waals surface area contributed by atoms with Crippen LogP contribution in [0, 0.1) is 12.3 Å². The lowest BCUT2D eigenvalue weighted by molar-refractivity contribution is -0.0120. The van der Waals surface area contributed by atoms with E-state index in [9.17, 15) is 0 Å². The molecule has 0 amide bonds. The molecule has 1 fully saturated rings. The Kier molecular flexibility index (Phi) is 3.39. The van der Waals surface area contributed by atoms with Crippen LogP contribution in [-0.2, 0) is 10.3 Å². The first-order valence-electron chi connectivity index (χ1n) is 6.23. The Hall–Kier alpha value is -0.340. The van der Waals surface area contributed by atoms with Gasteiger partial charge in [0.2, 0.25) is 0 Å². The zero-order valence-corrected chi connectivity index (χ0v) is 12.7. The Bertz CT molecular complexity index is 413. The maximum Gasteiger partial charge on any atom is 0.0936 e. The maximum atomic E-state index is 6.20. The van der Waals surface area contributed by atoms with Crippen molar-refractivity contribution >= 4 is 15.9 Å². The van der Waals surface area contributed by atoms with Gasteiger partial charge in [0.1, 0.15) is 0 Å². The molecule has 1 aliphatic carbocycles. The Balaban J connectivity index is 2.16. The number of ether oxygens (including phenoxy) is 1. The second-order valence-corrected chi connectivity index (χ2v) is 7.22. The molecule has 94 valence electrons. The summed E-state index contributed by atoms with van der Waals surface area (Å²) in [4.78, 5) is 0. The summed E-state index contributed by atoms with van der Waals surface area (Å²) >= 11 is 3.51. The monoisotopic (exact) mass is 296 g/mol. The predicted octanol–water partition coefficient (Wildman–Crippen LogP) is 4.81. The van der Waals surface area contributed by atoms with Crippen molar-refractivity contribution in [3.63, 3.8) is 0 Å². The summed E-state index contributed by atoms with van der Waals surface area (Å²) < 4.78 is 7.34. The van der Waals surface area contributed by atoms with E-state index < -0.39 is 0 Å². The molecule has 0 radical (unpaired) electrons. The average Bonchev–Trinajstić information content (AvgIpc) is 2.95. The second-order valence-electron chi connectivity index (χ2n) is 6.30. The fourth-order valence-electron chi connectivity index (χ4n) is 2.10. The molecular formula is C15H21BrO. The smallest absolute Gasteiger partial charge is 0.0936 e. The Morgan fingerprint density at radius 2 is 1.94 bits per heavy atom. The molecule has 1 nitrogen and oxygen atoms in total. The van der Waals surface area contributed by atoms with Gasteiger partial charge in [-0.2, -0.15) is 0 Å². The largest absolute Gasteiger partial charge is 0.370 e. The predicted molar refractivity (Wildman–Crippen MR) is 75.2 cm³/mol. The summed E-state index contributed by atoms with van der Waals surface area (Å²) in [5.41, 5.74) is 2.94. The molecule has 0 unspecified atom stereocenters. The fraction of sp³-hybridized carbons (Fsp3) is 0.600. The molecule has 0 aromatic heterocycles. The van der Waals surface area contributed by atoms with E-state index in [0.717, 1.165) is 23.9 Å². The highest BCUT2D eigenvalue weighted by Crippen LogP contribution is 2.51. The molecule has 0 heterocycles. The highest BCUT2D eigenvalue weighted by Gasteiger charge is 2.47. The van der Waals surface area contributed by atoms with E-state index in [1.165, 1.54) is 11.1 Å². The van der Waals surface area contributed by atoms with Crippen LogP contribution in [0.3, 0.4) is 0 Å². The lowest BCUT2D eigenvalue weighted by Gasteiger charge is -2.25. The van der Waals surface area contributed by atoms with Crippen LogP contribution in [0.4, 0.5) is 0 Å². The number of hydrogen-bond acceptors (Lipinski definition) is 1. The minimum absolute atomic E-state index is 0.0120. The number of halogens is 1. The lowest BCUT2D eigenvalue weighted by atomic mass is 9.97. The first-order chi connectivity index (χ1) is 7.82. The molecule has 1 aromatic rings. The van der Waals surface area contributed by atoms with Gasteiger partial charge in [-0.25, -0.2) is 0 Å². The summed E-state index contributed by atoms with van der Waals surface area (Å²) in [6.07, 6.45) is 2.32. The molecular weight excluding hydrogens is 276 g/mol. The molecule has 17 heavy (non-hydrogen) atoms. The molecule has 1 aromatic carbocycles. The average molecular weight is 297 g/mol. The number of benzene rings is 1. The van der Waals surface area contributed by atoms with Crippen molar-refractivity contribution in [1.82, 2.24) is 0 Å². The minimum Gasteiger partial charge on any atom is -0.370 e. The number of aryl methyl sites for hydroxylation is 1. The summed E-state index contributed by atoms with van der Waals surface area (Å²) in [5, 5.41) is 0. The van der Waals surface area contributed by atoms with Crippen LogP contribution in [0.15, 0.2) is 22.7 Å². The van der Waals surface area contributed by atoms with E-state index >= 15 is 0 Å². The molecule has 2 rings (SSSR count). The second kappa shape index (κ2) is 4.40. The zero-order chi connectivity index (χ0) is 12.7. The molecule has 1 saturated carbocycles. The number of rotatable bonds is 3. The van der Waals surface area contributed by atoms with Crippen LogP contribution >= 0.6 is 15.9 Å². The third-order valence-corrected chi connectivity index (χ3v) is 3.66. The quantitative estimate of drug-likeness (QED) is 0.778. The van der Waals surface area contributed by atoms with Crippen molar-refractivity contribution in [2.75, 3.05) is 6.61 Å². The van der Waals surface area contributed by atoms with Gasteiger partial charge >= 0.3 is 0 Å². The van der Waals surface area contributed by atoms with Crippen molar-refractivity contribution in [1.29, 1.82) is 0 Å². The maximum absolute atomic E-state index is 6.20.